The van der Waals surface area contributed by atoms with Gasteiger partial charge in [-0.25, -0.2) is 9.79 Å². The van der Waals surface area contributed by atoms with E-state index in [0.717, 1.165) is 31.5 Å². The second-order valence-corrected chi connectivity index (χ2v) is 8.46. The first-order valence-electron chi connectivity index (χ1n) is 10.5. The zero-order chi connectivity index (χ0) is 21.7. The second-order valence-electron chi connectivity index (χ2n) is 8.46. The van der Waals surface area contributed by atoms with E-state index >= 15 is 0 Å². The first-order chi connectivity index (χ1) is 14.3. The van der Waals surface area contributed by atoms with Crippen LogP contribution in [-0.4, -0.2) is 49.0 Å². The molecule has 1 amide bonds. The maximum Gasteiger partial charge on any atom is 0.363 e. The van der Waals surface area contributed by atoms with Crippen LogP contribution in [0.15, 0.2) is 28.9 Å². The van der Waals surface area contributed by atoms with Gasteiger partial charge in [0.05, 0.1) is 6.61 Å². The molecule has 2 heterocycles. The molecular formula is C23H30N2O5. The predicted molar refractivity (Wildman–Crippen MR) is 114 cm³/mol. The summed E-state index contributed by atoms with van der Waals surface area (Å²) in [4.78, 5) is 30.7. The lowest BCUT2D eigenvalue weighted by Crippen LogP contribution is -2.38. The smallest absolute Gasteiger partial charge is 0.363 e. The van der Waals surface area contributed by atoms with E-state index in [1.165, 1.54) is 6.42 Å². The maximum absolute atomic E-state index is 12.4. The fourth-order valence-electron chi connectivity index (χ4n) is 3.26. The Bertz CT molecular complexity index is 861. The van der Waals surface area contributed by atoms with Crippen LogP contribution in [0.25, 0.3) is 6.08 Å². The molecule has 3 rings (SSSR count). The maximum atomic E-state index is 12.4. The monoisotopic (exact) mass is 414 g/mol. The summed E-state index contributed by atoms with van der Waals surface area (Å²) in [6.07, 6.45) is 4.92. The Balaban J connectivity index is 1.74. The number of aliphatic imine (C=N–C) groups is 1. The Hall–Kier alpha value is -2.83. The van der Waals surface area contributed by atoms with E-state index in [1.807, 2.05) is 32.6 Å². The van der Waals surface area contributed by atoms with Crippen LogP contribution in [0.1, 0.15) is 52.5 Å². The molecule has 7 heteroatoms. The van der Waals surface area contributed by atoms with E-state index in [0.29, 0.717) is 24.0 Å². The third-order valence-electron chi connectivity index (χ3n) is 4.89. The largest absolute Gasteiger partial charge is 0.490 e. The first-order valence-corrected chi connectivity index (χ1v) is 10.5. The van der Waals surface area contributed by atoms with Gasteiger partial charge in [-0.3, -0.25) is 4.79 Å². The number of esters is 1. The van der Waals surface area contributed by atoms with Crippen molar-refractivity contribution in [3.8, 4) is 11.5 Å². The van der Waals surface area contributed by atoms with Crippen LogP contribution < -0.4 is 9.47 Å². The lowest BCUT2D eigenvalue weighted by Gasteiger charge is -2.26. The van der Waals surface area contributed by atoms with E-state index in [-0.39, 0.29) is 23.6 Å². The Morgan fingerprint density at radius 3 is 2.53 bits per heavy atom. The second kappa shape index (κ2) is 9.32. The Kier molecular flexibility index (Phi) is 6.80. The molecule has 2 aliphatic rings. The number of carbonyl (C=O) groups excluding carboxylic acids is 2. The fraction of sp³-hybridized carbons (Fsp3) is 0.522. The van der Waals surface area contributed by atoms with Gasteiger partial charge in [0.25, 0.3) is 5.91 Å². The molecule has 0 unspecified atom stereocenters. The van der Waals surface area contributed by atoms with Gasteiger partial charge in [0.15, 0.2) is 23.8 Å². The molecule has 7 nitrogen and oxygen atoms in total. The van der Waals surface area contributed by atoms with Gasteiger partial charge in [0, 0.05) is 18.5 Å². The van der Waals surface area contributed by atoms with Crippen LogP contribution in [-0.2, 0) is 14.3 Å². The Morgan fingerprint density at radius 2 is 1.90 bits per heavy atom. The molecule has 1 aromatic carbocycles. The highest BCUT2D eigenvalue weighted by Gasteiger charge is 2.31. The third kappa shape index (κ3) is 5.40. The average molecular weight is 415 g/mol. The molecular weight excluding hydrogens is 384 g/mol. The number of hydrogen-bond donors (Lipinski definition) is 0. The minimum atomic E-state index is -0.467. The van der Waals surface area contributed by atoms with Crippen molar-refractivity contribution < 1.29 is 23.8 Å². The summed E-state index contributed by atoms with van der Waals surface area (Å²) in [5, 5.41) is 0. The van der Waals surface area contributed by atoms with Gasteiger partial charge in [-0.15, -0.1) is 0 Å². The van der Waals surface area contributed by atoms with Crippen LogP contribution in [0, 0.1) is 5.41 Å². The number of piperidine rings is 1. The third-order valence-corrected chi connectivity index (χ3v) is 4.89. The van der Waals surface area contributed by atoms with Gasteiger partial charge in [0.2, 0.25) is 5.90 Å². The highest BCUT2D eigenvalue weighted by molar-refractivity contribution is 6.08. The fourth-order valence-corrected chi connectivity index (χ4v) is 3.26. The molecule has 1 saturated heterocycles. The standard InChI is InChI=1S/C23H30N2O5/c1-5-28-19-14-16(13-17-21(27)30-22(24-17)23(2,3)4)9-10-18(19)29-15-20(26)25-11-7-6-8-12-25/h9-10,13-14H,5-8,11-12,15H2,1-4H3/b17-13-. The highest BCUT2D eigenvalue weighted by Crippen LogP contribution is 2.31. The van der Waals surface area contributed by atoms with Crippen LogP contribution in [0.3, 0.4) is 0 Å². The molecule has 0 spiro atoms. The average Bonchev–Trinajstić information content (AvgIpc) is 3.09. The van der Waals surface area contributed by atoms with Crippen molar-refractivity contribution in [3.63, 3.8) is 0 Å². The van der Waals surface area contributed by atoms with Gasteiger partial charge < -0.3 is 19.1 Å². The summed E-state index contributed by atoms with van der Waals surface area (Å²) in [6, 6.07) is 5.32. The molecule has 30 heavy (non-hydrogen) atoms. The number of ether oxygens (including phenoxy) is 3. The van der Waals surface area contributed by atoms with Crippen molar-refractivity contribution in [2.75, 3.05) is 26.3 Å². The van der Waals surface area contributed by atoms with Gasteiger partial charge in [-0.1, -0.05) is 26.8 Å². The molecule has 1 aromatic rings. The van der Waals surface area contributed by atoms with Gasteiger partial charge >= 0.3 is 5.97 Å². The van der Waals surface area contributed by atoms with Gasteiger partial charge in [-0.2, -0.15) is 0 Å². The molecule has 0 aliphatic carbocycles. The summed E-state index contributed by atoms with van der Waals surface area (Å²) < 4.78 is 16.7. The SMILES string of the molecule is CCOc1cc(/C=C2\N=C(C(C)(C)C)OC2=O)ccc1OCC(=O)N1CCCCC1. The number of benzene rings is 1. The van der Waals surface area contributed by atoms with Crippen molar-refractivity contribution >= 4 is 23.9 Å². The number of nitrogens with zero attached hydrogens (tertiary/aromatic N) is 2. The zero-order valence-electron chi connectivity index (χ0n) is 18.2. The lowest BCUT2D eigenvalue weighted by atomic mass is 9.97. The molecule has 0 radical (unpaired) electrons. The molecule has 0 N–H and O–H groups in total. The van der Waals surface area contributed by atoms with E-state index in [9.17, 15) is 9.59 Å². The van der Waals surface area contributed by atoms with Crippen molar-refractivity contribution in [2.45, 2.75) is 47.0 Å². The lowest BCUT2D eigenvalue weighted by molar-refractivity contribution is -0.134. The molecule has 2 aliphatic heterocycles. The minimum absolute atomic E-state index is 0.0129. The number of cyclic esters (lactones) is 1. The van der Waals surface area contributed by atoms with Crippen LogP contribution in [0.4, 0.5) is 0 Å². The molecule has 0 bridgehead atoms. The topological polar surface area (TPSA) is 77.4 Å². The highest BCUT2D eigenvalue weighted by atomic mass is 16.6. The zero-order valence-corrected chi connectivity index (χ0v) is 18.2. The van der Waals surface area contributed by atoms with Gasteiger partial charge in [0.1, 0.15) is 0 Å². The number of likely N-dealkylation sites (tertiary alicyclic amines) is 1. The Morgan fingerprint density at radius 1 is 1.17 bits per heavy atom. The van der Waals surface area contributed by atoms with Crippen molar-refractivity contribution in [1.29, 1.82) is 0 Å². The quantitative estimate of drug-likeness (QED) is 0.522. The molecule has 162 valence electrons. The van der Waals surface area contributed by atoms with Crippen LogP contribution >= 0.6 is 0 Å². The minimum Gasteiger partial charge on any atom is -0.490 e. The molecule has 0 aromatic heterocycles. The Labute approximate surface area is 177 Å². The van der Waals surface area contributed by atoms with Crippen LogP contribution in [0.5, 0.6) is 11.5 Å². The van der Waals surface area contributed by atoms with Gasteiger partial charge in [-0.05, 0) is 50.0 Å². The number of rotatable bonds is 6. The van der Waals surface area contributed by atoms with E-state index in [1.54, 1.807) is 24.3 Å². The number of hydrogen-bond acceptors (Lipinski definition) is 6. The molecule has 1 fully saturated rings. The van der Waals surface area contributed by atoms with Crippen LogP contribution in [0.2, 0.25) is 0 Å². The predicted octanol–water partition coefficient (Wildman–Crippen LogP) is 3.82. The van der Waals surface area contributed by atoms with Crippen molar-refractivity contribution in [2.24, 2.45) is 10.4 Å². The molecule has 0 saturated carbocycles. The normalized spacial score (nSPS) is 18.3. The molecule has 0 atom stereocenters. The summed E-state index contributed by atoms with van der Waals surface area (Å²) >= 11 is 0. The summed E-state index contributed by atoms with van der Waals surface area (Å²) in [5.74, 6) is 0.938. The summed E-state index contributed by atoms with van der Waals surface area (Å²) in [6.45, 7) is 9.70. The van der Waals surface area contributed by atoms with E-state index in [4.69, 9.17) is 14.2 Å². The van der Waals surface area contributed by atoms with E-state index < -0.39 is 5.97 Å². The van der Waals surface area contributed by atoms with Crippen molar-refractivity contribution in [1.82, 2.24) is 4.90 Å². The number of amides is 1. The first kappa shape index (κ1) is 21.9. The van der Waals surface area contributed by atoms with E-state index in [2.05, 4.69) is 4.99 Å². The summed E-state index contributed by atoms with van der Waals surface area (Å²) in [5.41, 5.74) is 0.635. The number of carbonyl (C=O) groups is 2. The summed E-state index contributed by atoms with van der Waals surface area (Å²) in [7, 11) is 0. The van der Waals surface area contributed by atoms with Crippen molar-refractivity contribution in [3.05, 3.63) is 29.5 Å².